The van der Waals surface area contributed by atoms with Gasteiger partial charge in [0.25, 0.3) is 5.91 Å². The van der Waals surface area contributed by atoms with Gasteiger partial charge < -0.3 is 4.90 Å². The van der Waals surface area contributed by atoms with E-state index in [1.807, 2.05) is 0 Å². The van der Waals surface area contributed by atoms with Crippen LogP contribution >= 0.6 is 0 Å². The summed E-state index contributed by atoms with van der Waals surface area (Å²) < 4.78 is 41.5. The number of carbonyl (C=O) groups excluding carboxylic acids is 1. The number of rotatable bonds is 4. The number of nitriles is 1. The second kappa shape index (κ2) is 8.75. The van der Waals surface area contributed by atoms with Crippen molar-refractivity contribution in [3.63, 3.8) is 0 Å². The third-order valence-electron chi connectivity index (χ3n) is 5.73. The molecule has 1 fully saturated rings. The number of benzene rings is 1. The van der Waals surface area contributed by atoms with E-state index in [1.54, 1.807) is 35.5 Å². The highest BCUT2D eigenvalue weighted by Crippen LogP contribution is 2.37. The maximum absolute atomic E-state index is 14.1. The fraction of sp³-hybridized carbons (Fsp3) is 0.261. The average molecular weight is 437 g/mol. The molecule has 2 aromatic heterocycles. The Balaban J connectivity index is 1.53. The molecule has 0 N–H and O–H groups in total. The largest absolute Gasteiger partial charge is 0.338 e. The van der Waals surface area contributed by atoms with Gasteiger partial charge in [-0.3, -0.25) is 9.78 Å². The Bertz CT molecular complexity index is 1160. The van der Waals surface area contributed by atoms with Gasteiger partial charge in [-0.1, -0.05) is 0 Å². The predicted octanol–water partition coefficient (Wildman–Crippen LogP) is 3.94. The molecule has 0 saturated carbocycles. The monoisotopic (exact) mass is 437 g/mol. The first-order chi connectivity index (χ1) is 15.4. The summed E-state index contributed by atoms with van der Waals surface area (Å²) in [6, 6.07) is 8.36. The number of amides is 1. The number of pyridine rings is 1. The van der Waals surface area contributed by atoms with Crippen molar-refractivity contribution in [3.05, 3.63) is 77.6 Å². The van der Waals surface area contributed by atoms with Crippen molar-refractivity contribution in [2.45, 2.75) is 19.3 Å². The first-order valence-electron chi connectivity index (χ1n) is 9.98. The van der Waals surface area contributed by atoms with Gasteiger partial charge in [-0.05, 0) is 37.5 Å². The fourth-order valence-corrected chi connectivity index (χ4v) is 3.93. The number of piperidine rings is 1. The quantitative estimate of drug-likeness (QED) is 0.617. The number of likely N-dealkylation sites (tertiary alicyclic amines) is 1. The van der Waals surface area contributed by atoms with E-state index in [0.717, 1.165) is 0 Å². The van der Waals surface area contributed by atoms with Gasteiger partial charge in [0.15, 0.2) is 0 Å². The van der Waals surface area contributed by atoms with Crippen molar-refractivity contribution in [1.29, 1.82) is 5.26 Å². The van der Waals surface area contributed by atoms with Crippen LogP contribution in [0.5, 0.6) is 0 Å². The number of nitrogens with zero attached hydrogens (tertiary/aromatic N) is 5. The molecule has 3 aromatic rings. The zero-order valence-electron chi connectivity index (χ0n) is 16.9. The van der Waals surface area contributed by atoms with Crippen molar-refractivity contribution in [2.75, 3.05) is 13.1 Å². The van der Waals surface area contributed by atoms with E-state index in [2.05, 4.69) is 21.0 Å². The fourth-order valence-electron chi connectivity index (χ4n) is 3.93. The van der Waals surface area contributed by atoms with Crippen molar-refractivity contribution >= 4 is 5.91 Å². The Kier molecular flexibility index (Phi) is 5.86. The maximum atomic E-state index is 14.1. The van der Waals surface area contributed by atoms with Gasteiger partial charge >= 0.3 is 0 Å². The molecule has 1 aromatic carbocycles. The van der Waals surface area contributed by atoms with E-state index >= 15 is 0 Å². The molecule has 1 amide bonds. The average Bonchev–Trinajstić information content (AvgIpc) is 2.82. The van der Waals surface area contributed by atoms with Gasteiger partial charge in [0.1, 0.15) is 29.5 Å². The summed E-state index contributed by atoms with van der Waals surface area (Å²) >= 11 is 0. The lowest BCUT2D eigenvalue weighted by atomic mass is 9.74. The molecule has 6 nitrogen and oxygen atoms in total. The molecule has 1 saturated heterocycles. The van der Waals surface area contributed by atoms with Gasteiger partial charge in [0.05, 0.1) is 22.7 Å². The lowest BCUT2D eigenvalue weighted by Crippen LogP contribution is -2.44. The first kappa shape index (κ1) is 21.4. The summed E-state index contributed by atoms with van der Waals surface area (Å²) in [6.07, 6.45) is 4.76. The van der Waals surface area contributed by atoms with Gasteiger partial charge in [0, 0.05) is 43.2 Å². The molecule has 32 heavy (non-hydrogen) atoms. The van der Waals surface area contributed by atoms with Crippen LogP contribution in [0, 0.1) is 34.2 Å². The molecule has 9 heteroatoms. The summed E-state index contributed by atoms with van der Waals surface area (Å²) in [4.78, 5) is 27.1. The highest BCUT2D eigenvalue weighted by molar-refractivity contribution is 5.99. The van der Waals surface area contributed by atoms with Crippen molar-refractivity contribution < 1.29 is 18.0 Å². The van der Waals surface area contributed by atoms with E-state index in [9.17, 15) is 23.2 Å². The highest BCUT2D eigenvalue weighted by Gasteiger charge is 2.38. The van der Waals surface area contributed by atoms with E-state index in [0.29, 0.717) is 29.1 Å². The summed E-state index contributed by atoms with van der Waals surface area (Å²) in [5, 5.41) is 9.78. The van der Waals surface area contributed by atoms with E-state index in [4.69, 9.17) is 0 Å². The zero-order chi connectivity index (χ0) is 22.7. The maximum Gasteiger partial charge on any atom is 0.256 e. The summed E-state index contributed by atoms with van der Waals surface area (Å²) in [6.45, 7) is 0.462. The highest BCUT2D eigenvalue weighted by atomic mass is 19.1. The lowest BCUT2D eigenvalue weighted by Gasteiger charge is -2.37. The molecule has 0 unspecified atom stereocenters. The van der Waals surface area contributed by atoms with Crippen LogP contribution in [0.25, 0.3) is 11.4 Å². The van der Waals surface area contributed by atoms with Crippen molar-refractivity contribution in [3.8, 4) is 17.5 Å². The standard InChI is InChI=1S/C23H18F3N5O/c24-15-10-18(25)17(19(26)11-15)12-23(13-27)4-8-31(9-5-23)22(32)16-2-1-6-29-21(16)20-3-7-28-14-30-20/h1-3,6-7,10-11,14H,4-5,8-9,12H2. The van der Waals surface area contributed by atoms with E-state index in [-0.39, 0.29) is 43.8 Å². The van der Waals surface area contributed by atoms with Crippen molar-refractivity contribution in [2.24, 2.45) is 5.41 Å². The van der Waals surface area contributed by atoms with Crippen LogP contribution in [-0.2, 0) is 6.42 Å². The smallest absolute Gasteiger partial charge is 0.256 e. The molecule has 3 heterocycles. The Hall–Kier alpha value is -3.80. The molecule has 0 radical (unpaired) electrons. The molecule has 1 aliphatic heterocycles. The third-order valence-corrected chi connectivity index (χ3v) is 5.73. The van der Waals surface area contributed by atoms with Gasteiger partial charge in [0.2, 0.25) is 0 Å². The normalized spacial score (nSPS) is 15.2. The Morgan fingerprint density at radius 1 is 1.09 bits per heavy atom. The second-order valence-corrected chi connectivity index (χ2v) is 7.70. The molecule has 162 valence electrons. The molecular weight excluding hydrogens is 419 g/mol. The number of halogens is 3. The van der Waals surface area contributed by atoms with Crippen LogP contribution in [0.2, 0.25) is 0 Å². The Morgan fingerprint density at radius 3 is 2.44 bits per heavy atom. The summed E-state index contributed by atoms with van der Waals surface area (Å²) in [5.41, 5.74) is -0.0693. The summed E-state index contributed by atoms with van der Waals surface area (Å²) in [7, 11) is 0. The summed E-state index contributed by atoms with van der Waals surface area (Å²) in [5.74, 6) is -3.30. The van der Waals surface area contributed by atoms with Gasteiger partial charge in [-0.25, -0.2) is 23.1 Å². The molecular formula is C23H18F3N5O. The van der Waals surface area contributed by atoms with Crippen molar-refractivity contribution in [1.82, 2.24) is 19.9 Å². The van der Waals surface area contributed by atoms with Crippen LogP contribution < -0.4 is 0 Å². The predicted molar refractivity (Wildman–Crippen MR) is 108 cm³/mol. The number of hydrogen-bond acceptors (Lipinski definition) is 5. The Labute approximate surface area is 182 Å². The SMILES string of the molecule is N#CC1(Cc2c(F)cc(F)cc2F)CCN(C(=O)c2cccnc2-c2ccncn2)CC1. The van der Waals surface area contributed by atoms with Crippen LogP contribution in [0.4, 0.5) is 13.2 Å². The molecule has 0 bridgehead atoms. The topological polar surface area (TPSA) is 82.8 Å². The minimum Gasteiger partial charge on any atom is -0.338 e. The molecule has 4 rings (SSSR count). The molecule has 0 aliphatic carbocycles. The van der Waals surface area contributed by atoms with E-state index in [1.165, 1.54) is 6.33 Å². The lowest BCUT2D eigenvalue weighted by molar-refractivity contribution is 0.0645. The van der Waals surface area contributed by atoms with E-state index < -0.39 is 22.9 Å². The van der Waals surface area contributed by atoms with Gasteiger partial charge in [-0.2, -0.15) is 5.26 Å². The second-order valence-electron chi connectivity index (χ2n) is 7.70. The molecule has 1 aliphatic rings. The number of carbonyl (C=O) groups is 1. The third kappa shape index (κ3) is 4.17. The molecule has 0 atom stereocenters. The van der Waals surface area contributed by atoms with Crippen LogP contribution in [-0.4, -0.2) is 38.8 Å². The van der Waals surface area contributed by atoms with Gasteiger partial charge in [-0.15, -0.1) is 0 Å². The first-order valence-corrected chi connectivity index (χ1v) is 9.98. The minimum atomic E-state index is -1.05. The number of aromatic nitrogens is 3. The zero-order valence-corrected chi connectivity index (χ0v) is 16.9. The Morgan fingerprint density at radius 2 is 1.81 bits per heavy atom. The minimum absolute atomic E-state index is 0.192. The van der Waals surface area contributed by atoms with Crippen LogP contribution in [0.15, 0.2) is 49.1 Å². The van der Waals surface area contributed by atoms with Crippen LogP contribution in [0.3, 0.4) is 0 Å². The molecule has 0 spiro atoms. The number of hydrogen-bond donors (Lipinski definition) is 0. The van der Waals surface area contributed by atoms with Crippen LogP contribution in [0.1, 0.15) is 28.8 Å².